The second kappa shape index (κ2) is 26.4. The van der Waals surface area contributed by atoms with Crippen molar-refractivity contribution in [1.82, 2.24) is 19.9 Å². The van der Waals surface area contributed by atoms with Crippen LogP contribution in [-0.2, 0) is 11.0 Å². The van der Waals surface area contributed by atoms with Crippen molar-refractivity contribution in [2.75, 3.05) is 0 Å². The van der Waals surface area contributed by atoms with Gasteiger partial charge in [-0.1, -0.05) is 0 Å². The molecule has 2 heterocycles. The molecule has 2 aromatic rings. The van der Waals surface area contributed by atoms with Crippen LogP contribution in [-0.4, -0.2) is 30.1 Å². The zero-order valence-electron chi connectivity index (χ0n) is 10.0. The van der Waals surface area contributed by atoms with E-state index in [0.29, 0.717) is 0 Å². The van der Waals surface area contributed by atoms with Crippen LogP contribution in [0.3, 0.4) is 0 Å². The number of hydrogen-bond donors (Lipinski definition) is 2. The van der Waals surface area contributed by atoms with E-state index in [1.54, 1.807) is 37.4 Å². The van der Waals surface area contributed by atoms with Crippen molar-refractivity contribution in [2.24, 2.45) is 0 Å². The molecule has 0 aliphatic carbocycles. The molecule has 14 nitrogen and oxygen atoms in total. The third kappa shape index (κ3) is 73.1. The van der Waals surface area contributed by atoms with Gasteiger partial charge >= 0.3 is 0 Å². The fraction of sp³-hybridized carbons (Fsp3) is 0. The quantitative estimate of drug-likeness (QED) is 0.348. The molecule has 0 atom stereocenters. The van der Waals surface area contributed by atoms with Gasteiger partial charge in [0.2, 0.25) is 0 Å². The number of rotatable bonds is 0. The van der Waals surface area contributed by atoms with Gasteiger partial charge in [-0.05, 0) is 0 Å². The molecule has 2 N–H and O–H groups in total. The van der Waals surface area contributed by atoms with Gasteiger partial charge in [0.1, 0.15) is 0 Å². The van der Waals surface area contributed by atoms with E-state index in [-0.39, 0.29) is 42.1 Å². The van der Waals surface area contributed by atoms with E-state index in [9.17, 15) is 0 Å². The predicted octanol–water partition coefficient (Wildman–Crippen LogP) is 0.104. The molecule has 2 aromatic heterocycles. The summed E-state index contributed by atoms with van der Waals surface area (Å²) in [6, 6.07) is 0. The van der Waals surface area contributed by atoms with E-state index < -0.39 is 10.2 Å². The number of nitrogens with zero attached hydrogens (tertiary/aromatic N) is 4. The number of hydrogen-bond acceptors (Lipinski definition) is 8. The number of imidazole rings is 2. The molecule has 0 unspecified atom stereocenters. The maximum Gasteiger partial charge on any atom is 0.0919 e. The van der Waals surface area contributed by atoms with E-state index in [4.69, 9.17) is 30.6 Å². The van der Waals surface area contributed by atoms with Gasteiger partial charge in [-0.2, -0.15) is 0 Å². The molecule has 0 saturated carbocycles. The Morgan fingerprint density at radius 3 is 1.05 bits per heavy atom. The Labute approximate surface area is 140 Å². The normalized spacial score (nSPS) is 6.10. The largest absolute Gasteiger partial charge is 2.00 e. The number of nitrogens with one attached hydrogen (secondary N) is 2. The van der Waals surface area contributed by atoms with Crippen LogP contribution in [0.4, 0.5) is 0 Å². The van der Waals surface area contributed by atoms with Gasteiger partial charge in [0.25, 0.3) is 0 Å². The predicted molar refractivity (Wildman–Crippen MR) is 59.3 cm³/mol. The van der Waals surface area contributed by atoms with Gasteiger partial charge in [0.05, 0.1) is 22.8 Å². The first-order valence-corrected chi connectivity index (χ1v) is 3.95. The summed E-state index contributed by atoms with van der Waals surface area (Å²) in [4.78, 5) is 29.3. The molecule has 0 aliphatic heterocycles. The molecule has 0 radical (unpaired) electrons. The van der Waals surface area contributed by atoms with Crippen LogP contribution < -0.4 is 0 Å². The van der Waals surface area contributed by atoms with Crippen molar-refractivity contribution in [3.63, 3.8) is 0 Å². The minimum Gasteiger partial charge on any atom is -2.00 e. The standard InChI is InChI=1S/2C3H4N2.2NO3.2O.U/c2*1-2-5-3-4-1;2*2-1(3)4;;;/h2*1-3H,(H,4,5);;;;;/q;;2*-1;2*-2;. The minimum atomic E-state index is -1.75. The third-order valence-electron chi connectivity index (χ3n) is 0.812. The molecule has 0 fully saturated rings. The summed E-state index contributed by atoms with van der Waals surface area (Å²) in [5.41, 5.74) is 0. The Balaban J connectivity index is -0.0000000522. The van der Waals surface area contributed by atoms with Crippen molar-refractivity contribution in [2.45, 2.75) is 0 Å². The summed E-state index contributed by atoms with van der Waals surface area (Å²) in [6.45, 7) is 0. The molecule has 0 amide bonds. The maximum atomic E-state index is 8.25. The molecule has 0 bridgehead atoms. The second-order valence-corrected chi connectivity index (χ2v) is 1.97. The second-order valence-electron chi connectivity index (χ2n) is 1.97. The molecule has 0 aliphatic rings. The van der Waals surface area contributed by atoms with Gasteiger partial charge in [0, 0.05) is 55.9 Å². The number of aromatic amines is 2. The van der Waals surface area contributed by atoms with Gasteiger partial charge < -0.3 is 51.6 Å². The van der Waals surface area contributed by atoms with Crippen molar-refractivity contribution in [3.05, 3.63) is 68.1 Å². The number of aromatic nitrogens is 4. The summed E-state index contributed by atoms with van der Waals surface area (Å²) in [7, 11) is 0. The van der Waals surface area contributed by atoms with E-state index in [1.165, 1.54) is 0 Å². The van der Waals surface area contributed by atoms with Gasteiger partial charge in [-0.3, -0.25) is 0 Å². The zero-order chi connectivity index (χ0) is 14.2. The Hall–Kier alpha value is -2.21. The average molecular weight is 530 g/mol. The van der Waals surface area contributed by atoms with E-state index in [1.807, 2.05) is 0 Å². The molecular formula is C6H8N6O8U-6. The molecule has 15 heteroatoms. The van der Waals surface area contributed by atoms with Gasteiger partial charge in [-0.15, -0.1) is 0 Å². The van der Waals surface area contributed by atoms with Crippen LogP contribution in [0.15, 0.2) is 37.4 Å². The van der Waals surface area contributed by atoms with Crippen molar-refractivity contribution < 1.29 is 52.2 Å². The molecule has 2 rings (SSSR count). The van der Waals surface area contributed by atoms with Crippen LogP contribution in [0.2, 0.25) is 0 Å². The molecule has 0 saturated heterocycles. The van der Waals surface area contributed by atoms with E-state index in [0.717, 1.165) is 0 Å². The Morgan fingerprint density at radius 2 is 1.00 bits per heavy atom. The van der Waals surface area contributed by atoms with Crippen molar-refractivity contribution in [1.29, 1.82) is 0 Å². The smallest absolute Gasteiger partial charge is 0.0919 e. The van der Waals surface area contributed by atoms with Crippen LogP contribution >= 0.6 is 0 Å². The summed E-state index contributed by atoms with van der Waals surface area (Å²) in [6.07, 6.45) is 10.2. The first-order chi connectivity index (χ1) is 8.46. The maximum absolute atomic E-state index is 8.25. The summed E-state index contributed by atoms with van der Waals surface area (Å²) < 4.78 is 0. The molecule has 21 heavy (non-hydrogen) atoms. The van der Waals surface area contributed by atoms with Crippen LogP contribution in [0.25, 0.3) is 0 Å². The fourth-order valence-corrected chi connectivity index (χ4v) is 0.430. The Kier molecular flexibility index (Phi) is 39.3. The molecule has 0 spiro atoms. The summed E-state index contributed by atoms with van der Waals surface area (Å²) >= 11 is 0. The minimum absolute atomic E-state index is 0. The molecular weight excluding hydrogens is 522 g/mol. The summed E-state index contributed by atoms with van der Waals surface area (Å²) in [5.74, 6) is 0. The average Bonchev–Trinajstić information content (AvgIpc) is 2.96. The third-order valence-corrected chi connectivity index (χ3v) is 0.812. The van der Waals surface area contributed by atoms with Crippen LogP contribution in [0, 0.1) is 61.8 Å². The molecule has 0 aromatic carbocycles. The monoisotopic (exact) mass is 530 g/mol. The summed E-state index contributed by atoms with van der Waals surface area (Å²) in [5, 5.41) is 29.5. The zero-order valence-corrected chi connectivity index (χ0v) is 14.2. The van der Waals surface area contributed by atoms with Crippen LogP contribution in [0.5, 0.6) is 0 Å². The van der Waals surface area contributed by atoms with Crippen LogP contribution in [0.1, 0.15) is 0 Å². The Morgan fingerprint density at radius 1 is 0.762 bits per heavy atom. The molecule has 120 valence electrons. The van der Waals surface area contributed by atoms with E-state index >= 15 is 0 Å². The van der Waals surface area contributed by atoms with Gasteiger partial charge in [0.15, 0.2) is 0 Å². The number of H-pyrrole nitrogens is 2. The fourth-order valence-electron chi connectivity index (χ4n) is 0.430. The van der Waals surface area contributed by atoms with Crippen molar-refractivity contribution >= 4 is 0 Å². The van der Waals surface area contributed by atoms with Gasteiger partial charge in [-0.25, -0.2) is 9.97 Å². The SMILES string of the molecule is O=[N+]([O-])[O-].O=[N+]([O-])[O-].[O-2].[O-2].[U].c1c[nH]cn1.c1c[nH]cn1. The van der Waals surface area contributed by atoms with E-state index in [2.05, 4.69) is 19.9 Å². The van der Waals surface area contributed by atoms with Crippen molar-refractivity contribution in [3.8, 4) is 0 Å². The topological polar surface area (TPSA) is 247 Å². The first-order valence-electron chi connectivity index (χ1n) is 3.95. The Bertz CT molecular complexity index is 303. The first kappa shape index (κ1) is 31.3.